The zero-order chi connectivity index (χ0) is 29.4. The molecule has 41 heavy (non-hydrogen) atoms. The van der Waals surface area contributed by atoms with Crippen molar-refractivity contribution in [1.82, 2.24) is 9.13 Å². The van der Waals surface area contributed by atoms with E-state index in [2.05, 4.69) is 0 Å². The second kappa shape index (κ2) is 12.0. The molecule has 0 saturated carbocycles. The molecule has 218 valence electrons. The average Bonchev–Trinajstić information content (AvgIpc) is 3.12. The number of Topliss-reactive ketones (excluding diaryl/α,β-unsaturated/α-hetero) is 1. The number of halogens is 1. The first kappa shape index (κ1) is 31.7. The van der Waals surface area contributed by atoms with Crippen LogP contribution in [0, 0.1) is 5.41 Å². The predicted molar refractivity (Wildman–Crippen MR) is 164 cm³/mol. The maximum absolute atomic E-state index is 13.8. The Hall–Kier alpha value is -3.84. The number of nitrogens with one attached hydrogen (secondary N) is 1. The van der Waals surface area contributed by atoms with E-state index in [0.717, 1.165) is 33.3 Å². The van der Waals surface area contributed by atoms with Crippen LogP contribution in [0.15, 0.2) is 60.7 Å². The average molecular weight is 578 g/mol. The number of phenolic OH excluding ortho intramolecular Hbond substituents is 1. The van der Waals surface area contributed by atoms with Gasteiger partial charge in [-0.05, 0) is 52.6 Å². The van der Waals surface area contributed by atoms with Crippen LogP contribution in [-0.4, -0.2) is 31.1 Å². The van der Waals surface area contributed by atoms with Gasteiger partial charge in [-0.15, -0.1) is 12.4 Å². The van der Waals surface area contributed by atoms with Crippen LogP contribution in [-0.2, 0) is 35.1 Å². The molecule has 0 fully saturated rings. The summed E-state index contributed by atoms with van der Waals surface area (Å²) in [6.07, 6.45) is 0.439. The fourth-order valence-corrected chi connectivity index (χ4v) is 5.16. The first-order valence-corrected chi connectivity index (χ1v) is 13.6. The highest BCUT2D eigenvalue weighted by atomic mass is 35.5. The first-order chi connectivity index (χ1) is 18.7. The van der Waals surface area contributed by atoms with Gasteiger partial charge in [0.05, 0.1) is 24.1 Å². The number of carboxylic acids is 1. The van der Waals surface area contributed by atoms with Gasteiger partial charge in [-0.2, -0.15) is 0 Å². The number of hydrogen-bond donors (Lipinski definition) is 3. The number of para-hydroxylation sites is 2. The lowest BCUT2D eigenvalue weighted by Crippen LogP contribution is -2.28. The maximum Gasteiger partial charge on any atom is 0.303 e. The molecule has 3 aromatic carbocycles. The highest BCUT2D eigenvalue weighted by Crippen LogP contribution is 2.40. The van der Waals surface area contributed by atoms with E-state index in [1.807, 2.05) is 94.6 Å². The standard InChI is InChI=1S/C33H39N3O4.ClH/c1-32(2,3)24-17-23(18-25(30(24)40)33(4,5)6)28(37)20-36-27-14-10-9-13-26(27)35(31(36)34)19-22-12-8-7-11-21(22)15-16-29(38)39;/h7-14,17-18,34,40H,15-16,19-20H2,1-6H3,(H,38,39);1H. The van der Waals surface area contributed by atoms with Crippen LogP contribution in [0.25, 0.3) is 11.0 Å². The quantitative estimate of drug-likeness (QED) is 0.205. The predicted octanol–water partition coefficient (Wildman–Crippen LogP) is 6.59. The van der Waals surface area contributed by atoms with Crippen LogP contribution in [0.4, 0.5) is 0 Å². The summed E-state index contributed by atoms with van der Waals surface area (Å²) >= 11 is 0. The minimum absolute atomic E-state index is 0. The van der Waals surface area contributed by atoms with Gasteiger partial charge in [0, 0.05) is 23.1 Å². The van der Waals surface area contributed by atoms with Crippen molar-refractivity contribution < 1.29 is 19.8 Å². The summed E-state index contributed by atoms with van der Waals surface area (Å²) in [5.74, 6) is -0.764. The minimum atomic E-state index is -0.850. The molecule has 3 N–H and O–H groups in total. The highest BCUT2D eigenvalue weighted by molar-refractivity contribution is 5.97. The second-order valence-corrected chi connectivity index (χ2v) is 12.5. The lowest BCUT2D eigenvalue weighted by molar-refractivity contribution is -0.136. The van der Waals surface area contributed by atoms with Gasteiger partial charge in [0.15, 0.2) is 5.78 Å². The smallest absolute Gasteiger partial charge is 0.303 e. The summed E-state index contributed by atoms with van der Waals surface area (Å²) in [5, 5.41) is 29.3. The van der Waals surface area contributed by atoms with Crippen molar-refractivity contribution in [2.75, 3.05) is 0 Å². The molecule has 0 aliphatic rings. The number of fused-ring (bicyclic) bond motifs is 1. The Morgan fingerprint density at radius 1 is 0.805 bits per heavy atom. The lowest BCUT2D eigenvalue weighted by Gasteiger charge is -2.28. The normalized spacial score (nSPS) is 11.9. The number of aliphatic carboxylic acids is 1. The van der Waals surface area contributed by atoms with Crippen molar-refractivity contribution in [3.8, 4) is 5.75 Å². The van der Waals surface area contributed by atoms with E-state index < -0.39 is 5.97 Å². The highest BCUT2D eigenvalue weighted by Gasteiger charge is 2.28. The molecule has 4 aromatic rings. The Kier molecular flexibility index (Phi) is 9.24. The number of imidazole rings is 1. The van der Waals surface area contributed by atoms with Crippen molar-refractivity contribution in [3.05, 3.63) is 94.1 Å². The van der Waals surface area contributed by atoms with Crippen LogP contribution < -0.4 is 5.62 Å². The summed E-state index contributed by atoms with van der Waals surface area (Å²) in [6, 6.07) is 18.9. The third-order valence-corrected chi connectivity index (χ3v) is 7.38. The molecule has 0 unspecified atom stereocenters. The van der Waals surface area contributed by atoms with E-state index in [4.69, 9.17) is 5.41 Å². The van der Waals surface area contributed by atoms with Crippen molar-refractivity contribution in [2.45, 2.75) is 78.3 Å². The summed E-state index contributed by atoms with van der Waals surface area (Å²) in [4.78, 5) is 25.0. The Morgan fingerprint density at radius 2 is 1.29 bits per heavy atom. The molecule has 7 nitrogen and oxygen atoms in total. The molecule has 0 spiro atoms. The Balaban J connectivity index is 0.00000462. The van der Waals surface area contributed by atoms with Crippen molar-refractivity contribution in [3.63, 3.8) is 0 Å². The van der Waals surface area contributed by atoms with Gasteiger partial charge in [-0.25, -0.2) is 0 Å². The number of ketones is 1. The number of carbonyl (C=O) groups is 2. The van der Waals surface area contributed by atoms with E-state index in [1.165, 1.54) is 0 Å². The van der Waals surface area contributed by atoms with Crippen molar-refractivity contribution in [2.24, 2.45) is 0 Å². The molecular weight excluding hydrogens is 538 g/mol. The number of nitrogens with zero attached hydrogens (tertiary/aromatic N) is 2. The molecule has 0 atom stereocenters. The summed E-state index contributed by atoms with van der Waals surface area (Å²) in [7, 11) is 0. The van der Waals surface area contributed by atoms with Crippen LogP contribution in [0.2, 0.25) is 0 Å². The third kappa shape index (κ3) is 6.73. The minimum Gasteiger partial charge on any atom is -0.507 e. The Bertz CT molecular complexity index is 1620. The molecule has 0 bridgehead atoms. The van der Waals surface area contributed by atoms with Gasteiger partial charge in [0.1, 0.15) is 5.75 Å². The van der Waals surface area contributed by atoms with Gasteiger partial charge in [-0.3, -0.25) is 15.0 Å². The van der Waals surface area contributed by atoms with E-state index in [-0.39, 0.29) is 53.4 Å². The summed E-state index contributed by atoms with van der Waals surface area (Å²) < 4.78 is 3.58. The molecule has 8 heteroatoms. The number of hydrogen-bond acceptors (Lipinski definition) is 4. The zero-order valence-corrected chi connectivity index (χ0v) is 25.4. The van der Waals surface area contributed by atoms with Gasteiger partial charge in [0.25, 0.3) is 0 Å². The van der Waals surface area contributed by atoms with Crippen LogP contribution >= 0.6 is 12.4 Å². The number of aryl methyl sites for hydroxylation is 1. The summed E-state index contributed by atoms with van der Waals surface area (Å²) in [5.41, 5.74) is 4.89. The first-order valence-electron chi connectivity index (χ1n) is 13.6. The second-order valence-electron chi connectivity index (χ2n) is 12.5. The molecule has 0 saturated heterocycles. The van der Waals surface area contributed by atoms with E-state index in [1.54, 1.807) is 16.7 Å². The topological polar surface area (TPSA) is 108 Å². The van der Waals surface area contributed by atoms with E-state index >= 15 is 0 Å². The van der Waals surface area contributed by atoms with Gasteiger partial charge >= 0.3 is 5.97 Å². The number of aromatic nitrogens is 2. The largest absolute Gasteiger partial charge is 0.507 e. The van der Waals surface area contributed by atoms with Crippen LogP contribution in [0.5, 0.6) is 5.75 Å². The zero-order valence-electron chi connectivity index (χ0n) is 24.6. The van der Waals surface area contributed by atoms with Crippen LogP contribution in [0.1, 0.15) is 80.6 Å². The van der Waals surface area contributed by atoms with Crippen LogP contribution in [0.3, 0.4) is 0 Å². The lowest BCUT2D eigenvalue weighted by atomic mass is 9.78. The Morgan fingerprint density at radius 3 is 1.80 bits per heavy atom. The monoisotopic (exact) mass is 577 g/mol. The van der Waals surface area contributed by atoms with Crippen molar-refractivity contribution in [1.29, 1.82) is 5.41 Å². The number of carbonyl (C=O) groups excluding carboxylic acids is 1. The SMILES string of the molecule is CC(C)(C)c1cc(C(=O)Cn2c(=N)n(Cc3ccccc3CCC(=O)O)c3ccccc32)cc(C(C)(C)C)c1O.Cl. The number of rotatable bonds is 8. The van der Waals surface area contributed by atoms with Gasteiger partial charge in [0.2, 0.25) is 5.62 Å². The Labute approximate surface area is 247 Å². The number of phenols is 1. The van der Waals surface area contributed by atoms with E-state index in [9.17, 15) is 19.8 Å². The molecular formula is C33H40ClN3O4. The molecule has 0 aliphatic heterocycles. The summed E-state index contributed by atoms with van der Waals surface area (Å²) in [6.45, 7) is 12.5. The fraction of sp³-hybridized carbons (Fsp3) is 0.364. The van der Waals surface area contributed by atoms with Gasteiger partial charge in [-0.1, -0.05) is 77.9 Å². The number of aromatic hydroxyl groups is 1. The molecule has 1 heterocycles. The number of benzene rings is 3. The fourth-order valence-electron chi connectivity index (χ4n) is 5.16. The molecule has 0 amide bonds. The van der Waals surface area contributed by atoms with Crippen molar-refractivity contribution >= 4 is 35.2 Å². The molecule has 4 rings (SSSR count). The molecule has 0 radical (unpaired) electrons. The van der Waals surface area contributed by atoms with Gasteiger partial charge < -0.3 is 19.3 Å². The molecule has 0 aliphatic carbocycles. The number of carboxylic acid groups (broad SMARTS) is 1. The maximum atomic E-state index is 13.8. The van der Waals surface area contributed by atoms with E-state index in [0.29, 0.717) is 18.5 Å². The third-order valence-electron chi connectivity index (χ3n) is 7.38. The molecule has 1 aromatic heterocycles.